The van der Waals surface area contributed by atoms with Crippen molar-refractivity contribution in [1.82, 2.24) is 5.32 Å². The van der Waals surface area contributed by atoms with Crippen LogP contribution >= 0.6 is 11.6 Å². The highest BCUT2D eigenvalue weighted by Gasteiger charge is 2.25. The summed E-state index contributed by atoms with van der Waals surface area (Å²) in [5.74, 6) is -1.01. The van der Waals surface area contributed by atoms with E-state index < -0.39 is 11.6 Å². The molecule has 4 heteroatoms. The molecule has 0 aliphatic heterocycles. The first-order chi connectivity index (χ1) is 10.0. The molecule has 0 amide bonds. The number of hydrogen-bond acceptors (Lipinski definition) is 1. The minimum Gasteiger partial charge on any atom is -0.307 e. The standard InChI is InChI=1S/C17H16ClF2N/c1-10(17-15(19)3-2-4-16(17)20)21-14-8-11-5-6-13(18)7-12(11)9-14/h2-7,10,14,21H,8-9H2,1H3. The first kappa shape index (κ1) is 14.5. The highest BCUT2D eigenvalue weighted by molar-refractivity contribution is 6.30. The second-order valence-corrected chi connectivity index (χ2v) is 5.98. The van der Waals surface area contributed by atoms with E-state index in [9.17, 15) is 8.78 Å². The first-order valence-corrected chi connectivity index (χ1v) is 7.39. The molecule has 1 N–H and O–H groups in total. The van der Waals surface area contributed by atoms with Gasteiger partial charge in [-0.15, -0.1) is 0 Å². The zero-order valence-corrected chi connectivity index (χ0v) is 12.4. The molecule has 0 fully saturated rings. The molecule has 2 atom stereocenters. The summed E-state index contributed by atoms with van der Waals surface area (Å²) >= 11 is 5.99. The van der Waals surface area contributed by atoms with E-state index in [1.54, 1.807) is 6.92 Å². The maximum absolute atomic E-state index is 13.8. The lowest BCUT2D eigenvalue weighted by molar-refractivity contribution is 0.434. The van der Waals surface area contributed by atoms with Gasteiger partial charge in [-0.05, 0) is 55.2 Å². The summed E-state index contributed by atoms with van der Waals surface area (Å²) in [5.41, 5.74) is 2.56. The normalized spacial score (nSPS) is 18.6. The van der Waals surface area contributed by atoms with E-state index in [0.717, 1.165) is 17.9 Å². The third-order valence-electron chi connectivity index (χ3n) is 4.02. The largest absolute Gasteiger partial charge is 0.307 e. The van der Waals surface area contributed by atoms with Gasteiger partial charge in [-0.1, -0.05) is 23.7 Å². The highest BCUT2D eigenvalue weighted by Crippen LogP contribution is 2.28. The summed E-state index contributed by atoms with van der Waals surface area (Å²) in [4.78, 5) is 0. The molecule has 0 saturated heterocycles. The van der Waals surface area contributed by atoms with Crippen molar-refractivity contribution >= 4 is 11.6 Å². The lowest BCUT2D eigenvalue weighted by atomic mass is 10.1. The van der Waals surface area contributed by atoms with Gasteiger partial charge in [-0.3, -0.25) is 0 Å². The van der Waals surface area contributed by atoms with E-state index in [1.165, 1.54) is 29.3 Å². The molecule has 1 nitrogen and oxygen atoms in total. The summed E-state index contributed by atoms with van der Waals surface area (Å²) in [5, 5.41) is 4.04. The van der Waals surface area contributed by atoms with Crippen molar-refractivity contribution in [2.24, 2.45) is 0 Å². The second-order valence-electron chi connectivity index (χ2n) is 5.54. The van der Waals surface area contributed by atoms with Crippen LogP contribution < -0.4 is 5.32 Å². The molecule has 1 aliphatic carbocycles. The minimum atomic E-state index is -0.506. The Morgan fingerprint density at radius 2 is 1.76 bits per heavy atom. The van der Waals surface area contributed by atoms with Crippen LogP contribution in [0.15, 0.2) is 36.4 Å². The maximum Gasteiger partial charge on any atom is 0.130 e. The smallest absolute Gasteiger partial charge is 0.130 e. The average Bonchev–Trinajstić information content (AvgIpc) is 2.79. The Morgan fingerprint density at radius 3 is 2.48 bits per heavy atom. The molecule has 1 aliphatic rings. The Kier molecular flexibility index (Phi) is 3.96. The van der Waals surface area contributed by atoms with Crippen molar-refractivity contribution in [2.75, 3.05) is 0 Å². The second kappa shape index (κ2) is 5.74. The van der Waals surface area contributed by atoms with Crippen molar-refractivity contribution in [2.45, 2.75) is 31.8 Å². The van der Waals surface area contributed by atoms with Crippen LogP contribution in [0.3, 0.4) is 0 Å². The van der Waals surface area contributed by atoms with Crippen molar-refractivity contribution in [3.8, 4) is 0 Å². The quantitative estimate of drug-likeness (QED) is 0.884. The van der Waals surface area contributed by atoms with Gasteiger partial charge in [0.1, 0.15) is 11.6 Å². The van der Waals surface area contributed by atoms with Gasteiger partial charge >= 0.3 is 0 Å². The van der Waals surface area contributed by atoms with Crippen LogP contribution in [0.5, 0.6) is 0 Å². The number of halogens is 3. The SMILES string of the molecule is CC(NC1Cc2ccc(Cl)cc2C1)c1c(F)cccc1F. The summed E-state index contributed by atoms with van der Waals surface area (Å²) in [6, 6.07) is 9.63. The van der Waals surface area contributed by atoms with Gasteiger partial charge in [-0.2, -0.15) is 0 Å². The van der Waals surface area contributed by atoms with Crippen molar-refractivity contribution < 1.29 is 8.78 Å². The Labute approximate surface area is 127 Å². The molecule has 0 heterocycles. The fourth-order valence-corrected chi connectivity index (χ4v) is 3.26. The van der Waals surface area contributed by atoms with Gasteiger partial charge in [0.2, 0.25) is 0 Å². The van der Waals surface area contributed by atoms with Gasteiger partial charge in [-0.25, -0.2) is 8.78 Å². The van der Waals surface area contributed by atoms with Gasteiger partial charge in [0.15, 0.2) is 0 Å². The van der Waals surface area contributed by atoms with E-state index >= 15 is 0 Å². The van der Waals surface area contributed by atoms with Crippen molar-refractivity contribution in [3.63, 3.8) is 0 Å². The number of nitrogens with one attached hydrogen (secondary N) is 1. The third kappa shape index (κ3) is 2.94. The Bertz CT molecular complexity index is 652. The first-order valence-electron chi connectivity index (χ1n) is 7.02. The highest BCUT2D eigenvalue weighted by atomic mass is 35.5. The number of benzene rings is 2. The van der Waals surface area contributed by atoms with Crippen LogP contribution in [0.2, 0.25) is 5.02 Å². The molecule has 2 aromatic rings. The molecule has 110 valence electrons. The van der Waals surface area contributed by atoms with Crippen LogP contribution in [-0.4, -0.2) is 6.04 Å². The van der Waals surface area contributed by atoms with E-state index in [-0.39, 0.29) is 17.6 Å². The summed E-state index contributed by atoms with van der Waals surface area (Å²) in [7, 11) is 0. The Balaban J connectivity index is 1.74. The number of hydrogen-bond donors (Lipinski definition) is 1. The van der Waals surface area contributed by atoms with Crippen molar-refractivity contribution in [1.29, 1.82) is 0 Å². The van der Waals surface area contributed by atoms with Gasteiger partial charge in [0, 0.05) is 22.7 Å². The summed E-state index contributed by atoms with van der Waals surface area (Å²) in [6.07, 6.45) is 1.68. The van der Waals surface area contributed by atoms with Gasteiger partial charge in [0.25, 0.3) is 0 Å². The predicted octanol–water partition coefficient (Wildman–Crippen LogP) is 4.44. The lowest BCUT2D eigenvalue weighted by Crippen LogP contribution is -2.32. The molecule has 0 saturated carbocycles. The van der Waals surface area contributed by atoms with Crippen LogP contribution in [0.1, 0.15) is 29.7 Å². The lowest BCUT2D eigenvalue weighted by Gasteiger charge is -2.20. The Morgan fingerprint density at radius 1 is 1.10 bits per heavy atom. The zero-order valence-electron chi connectivity index (χ0n) is 11.7. The third-order valence-corrected chi connectivity index (χ3v) is 4.25. The molecule has 0 radical (unpaired) electrons. The Hall–Kier alpha value is -1.45. The van der Waals surface area contributed by atoms with Crippen molar-refractivity contribution in [3.05, 3.63) is 69.7 Å². The fraction of sp³-hybridized carbons (Fsp3) is 0.294. The van der Waals surface area contributed by atoms with E-state index in [0.29, 0.717) is 0 Å². The van der Waals surface area contributed by atoms with Crippen LogP contribution in [0.25, 0.3) is 0 Å². The molecular formula is C17H16ClF2N. The summed E-state index contributed by atoms with van der Waals surface area (Å²) in [6.45, 7) is 1.79. The average molecular weight is 308 g/mol. The maximum atomic E-state index is 13.8. The van der Waals surface area contributed by atoms with Gasteiger partial charge < -0.3 is 5.32 Å². The van der Waals surface area contributed by atoms with Gasteiger partial charge in [0.05, 0.1) is 0 Å². The molecule has 2 unspecified atom stereocenters. The number of rotatable bonds is 3. The summed E-state index contributed by atoms with van der Waals surface area (Å²) < 4.78 is 27.6. The molecular weight excluding hydrogens is 292 g/mol. The minimum absolute atomic E-state index is 0.103. The topological polar surface area (TPSA) is 12.0 Å². The van der Waals surface area contributed by atoms with E-state index in [1.807, 2.05) is 18.2 Å². The molecule has 0 bridgehead atoms. The molecule has 2 aromatic carbocycles. The van der Waals surface area contributed by atoms with Crippen LogP contribution in [0.4, 0.5) is 8.78 Å². The van der Waals surface area contributed by atoms with Crippen LogP contribution in [-0.2, 0) is 12.8 Å². The van der Waals surface area contributed by atoms with Crippen LogP contribution in [0, 0.1) is 11.6 Å². The molecule has 0 spiro atoms. The van der Waals surface area contributed by atoms with E-state index in [4.69, 9.17) is 11.6 Å². The zero-order chi connectivity index (χ0) is 15.0. The predicted molar refractivity (Wildman–Crippen MR) is 80.6 cm³/mol. The molecule has 3 rings (SSSR count). The monoisotopic (exact) mass is 307 g/mol. The number of fused-ring (bicyclic) bond motifs is 1. The fourth-order valence-electron chi connectivity index (χ4n) is 3.07. The van der Waals surface area contributed by atoms with E-state index in [2.05, 4.69) is 5.32 Å². The molecule has 21 heavy (non-hydrogen) atoms. The molecule has 0 aromatic heterocycles.